The lowest BCUT2D eigenvalue weighted by atomic mass is 10.2. The third-order valence-electron chi connectivity index (χ3n) is 4.70. The summed E-state index contributed by atoms with van der Waals surface area (Å²) in [7, 11) is -3.76. The van der Waals surface area contributed by atoms with Crippen molar-refractivity contribution in [3.63, 3.8) is 0 Å². The maximum absolute atomic E-state index is 11.7. The number of sulfonamides is 1. The van der Waals surface area contributed by atoms with Gasteiger partial charge < -0.3 is 4.57 Å². The molecular formula is C21H23N5O2S2. The normalized spacial score (nSPS) is 11.9. The monoisotopic (exact) mass is 441 g/mol. The molecule has 0 saturated heterocycles. The van der Waals surface area contributed by atoms with E-state index in [9.17, 15) is 8.42 Å². The minimum atomic E-state index is -3.76. The van der Waals surface area contributed by atoms with Gasteiger partial charge in [0.15, 0.2) is 5.16 Å². The van der Waals surface area contributed by atoms with E-state index in [0.717, 1.165) is 41.5 Å². The molecule has 4 rings (SSSR count). The molecule has 9 heteroatoms. The van der Waals surface area contributed by atoms with Crippen molar-refractivity contribution in [2.45, 2.75) is 42.2 Å². The first-order chi connectivity index (χ1) is 14.4. The first-order valence-corrected chi connectivity index (χ1v) is 12.2. The number of imidazole rings is 1. The van der Waals surface area contributed by atoms with Crippen molar-refractivity contribution in [2.24, 2.45) is 5.14 Å². The number of thioether (sulfide) groups is 1. The maximum atomic E-state index is 11.7. The highest BCUT2D eigenvalue weighted by Crippen LogP contribution is 2.28. The fourth-order valence-electron chi connectivity index (χ4n) is 3.30. The van der Waals surface area contributed by atoms with Crippen LogP contribution < -0.4 is 5.14 Å². The number of aromatic nitrogens is 4. The Morgan fingerprint density at radius 3 is 2.63 bits per heavy atom. The van der Waals surface area contributed by atoms with E-state index in [1.807, 2.05) is 35.3 Å². The Morgan fingerprint density at radius 1 is 1.10 bits per heavy atom. The summed E-state index contributed by atoms with van der Waals surface area (Å²) in [5.74, 6) is 0.726. The van der Waals surface area contributed by atoms with Gasteiger partial charge in [-0.25, -0.2) is 18.5 Å². The molecule has 30 heavy (non-hydrogen) atoms. The molecule has 2 aromatic heterocycles. The molecule has 0 aliphatic heterocycles. The second-order valence-corrected chi connectivity index (χ2v) is 9.57. The Morgan fingerprint density at radius 2 is 1.90 bits per heavy atom. The van der Waals surface area contributed by atoms with Crippen LogP contribution in [0.3, 0.4) is 0 Å². The second kappa shape index (κ2) is 8.63. The van der Waals surface area contributed by atoms with E-state index in [1.165, 1.54) is 11.6 Å². The molecule has 0 aliphatic rings. The number of nitrogens with two attached hydrogens (primary N) is 1. The average molecular weight is 442 g/mol. The predicted molar refractivity (Wildman–Crippen MR) is 119 cm³/mol. The van der Waals surface area contributed by atoms with Gasteiger partial charge in [-0.15, -0.1) is 0 Å². The van der Waals surface area contributed by atoms with Gasteiger partial charge in [0, 0.05) is 24.1 Å². The average Bonchev–Trinajstić information content (AvgIpc) is 3.31. The van der Waals surface area contributed by atoms with Crippen molar-refractivity contribution in [3.8, 4) is 0 Å². The first kappa shape index (κ1) is 20.6. The number of rotatable bonds is 8. The topological polar surface area (TPSA) is 95.8 Å². The fourth-order valence-corrected chi connectivity index (χ4v) is 4.79. The zero-order valence-electron chi connectivity index (χ0n) is 16.6. The number of nitrogens with zero attached hydrogens (tertiary/aromatic N) is 4. The van der Waals surface area contributed by atoms with Crippen molar-refractivity contribution in [1.29, 1.82) is 0 Å². The summed E-state index contributed by atoms with van der Waals surface area (Å²) in [6, 6.07) is 15.1. The van der Waals surface area contributed by atoms with E-state index < -0.39 is 10.0 Å². The van der Waals surface area contributed by atoms with Crippen molar-refractivity contribution in [1.82, 2.24) is 19.3 Å². The second-order valence-electron chi connectivity index (χ2n) is 7.06. The largest absolute Gasteiger partial charge is 0.319 e. The zero-order valence-corrected chi connectivity index (χ0v) is 18.2. The lowest BCUT2D eigenvalue weighted by Crippen LogP contribution is -2.11. The zero-order chi connectivity index (χ0) is 21.1. The van der Waals surface area contributed by atoms with Crippen LogP contribution in [0.5, 0.6) is 0 Å². The third-order valence-corrected chi connectivity index (χ3v) is 6.66. The van der Waals surface area contributed by atoms with Gasteiger partial charge in [-0.2, -0.15) is 5.10 Å². The third kappa shape index (κ3) is 4.58. The Kier molecular flexibility index (Phi) is 5.94. The van der Waals surface area contributed by atoms with E-state index in [-0.39, 0.29) is 4.90 Å². The van der Waals surface area contributed by atoms with Gasteiger partial charge in [0.05, 0.1) is 28.7 Å². The predicted octanol–water partition coefficient (Wildman–Crippen LogP) is 3.63. The molecule has 0 spiro atoms. The molecule has 0 atom stereocenters. The molecule has 2 N–H and O–H groups in total. The van der Waals surface area contributed by atoms with E-state index in [1.54, 1.807) is 23.9 Å². The molecule has 0 bridgehead atoms. The summed E-state index contributed by atoms with van der Waals surface area (Å²) in [4.78, 5) is 4.75. The number of fused-ring (bicyclic) bond motifs is 1. The fraction of sp³-hybridized carbons (Fsp3) is 0.238. The Bertz CT molecular complexity index is 1260. The number of benzene rings is 2. The van der Waals surface area contributed by atoms with E-state index in [2.05, 4.69) is 33.7 Å². The van der Waals surface area contributed by atoms with Crippen LogP contribution in [0.4, 0.5) is 0 Å². The van der Waals surface area contributed by atoms with Crippen LogP contribution in [0.1, 0.15) is 24.5 Å². The Balaban J connectivity index is 1.54. The molecule has 0 aliphatic carbocycles. The molecule has 156 valence electrons. The van der Waals surface area contributed by atoms with Crippen LogP contribution in [0.25, 0.3) is 11.0 Å². The van der Waals surface area contributed by atoms with Gasteiger partial charge in [0.1, 0.15) is 0 Å². The van der Waals surface area contributed by atoms with Gasteiger partial charge in [0.2, 0.25) is 10.0 Å². The lowest BCUT2D eigenvalue weighted by Gasteiger charge is -2.07. The smallest absolute Gasteiger partial charge is 0.238 e. The van der Waals surface area contributed by atoms with E-state index in [4.69, 9.17) is 5.14 Å². The maximum Gasteiger partial charge on any atom is 0.238 e. The first-order valence-electron chi connectivity index (χ1n) is 9.65. The Labute approximate surface area is 180 Å². The molecule has 0 fully saturated rings. The van der Waals surface area contributed by atoms with Crippen LogP contribution in [-0.4, -0.2) is 27.7 Å². The standard InChI is InChI=1S/C21H23N5O2S2/c1-2-10-26-20-9-8-18(30(22,27)28)11-19(20)24-21(26)29-15-17-12-23-25(14-17)13-16-6-4-3-5-7-16/h3-9,11-12,14H,2,10,13,15H2,1H3,(H2,22,27,28). The Hall–Kier alpha value is -2.62. The van der Waals surface area contributed by atoms with E-state index in [0.29, 0.717) is 5.52 Å². The van der Waals surface area contributed by atoms with Crippen molar-refractivity contribution in [2.75, 3.05) is 0 Å². The molecule has 2 heterocycles. The highest BCUT2D eigenvalue weighted by molar-refractivity contribution is 7.98. The summed E-state index contributed by atoms with van der Waals surface area (Å²) in [6.07, 6.45) is 4.87. The number of primary sulfonamides is 1. The van der Waals surface area contributed by atoms with Gasteiger partial charge in [-0.05, 0) is 30.2 Å². The lowest BCUT2D eigenvalue weighted by molar-refractivity contribution is 0.598. The van der Waals surface area contributed by atoms with E-state index >= 15 is 0 Å². The van der Waals surface area contributed by atoms with Crippen LogP contribution in [0.2, 0.25) is 0 Å². The minimum Gasteiger partial charge on any atom is -0.319 e. The van der Waals surface area contributed by atoms with Gasteiger partial charge in [-0.3, -0.25) is 4.68 Å². The van der Waals surface area contributed by atoms with Crippen LogP contribution in [0, 0.1) is 0 Å². The molecule has 0 amide bonds. The van der Waals surface area contributed by atoms with Gasteiger partial charge >= 0.3 is 0 Å². The van der Waals surface area contributed by atoms with Crippen molar-refractivity contribution in [3.05, 3.63) is 72.1 Å². The summed E-state index contributed by atoms with van der Waals surface area (Å²) in [6.45, 7) is 3.64. The molecular weight excluding hydrogens is 418 g/mol. The number of aryl methyl sites for hydroxylation is 1. The van der Waals surface area contributed by atoms with Crippen LogP contribution in [0.15, 0.2) is 71.0 Å². The number of hydrogen-bond donors (Lipinski definition) is 1. The van der Waals surface area contributed by atoms with Crippen LogP contribution in [-0.2, 0) is 28.9 Å². The highest BCUT2D eigenvalue weighted by atomic mass is 32.2. The number of hydrogen-bond acceptors (Lipinski definition) is 5. The molecule has 2 aromatic carbocycles. The molecule has 0 saturated carbocycles. The molecule has 7 nitrogen and oxygen atoms in total. The summed E-state index contributed by atoms with van der Waals surface area (Å²) in [5, 5.41) is 10.6. The molecule has 0 unspecified atom stereocenters. The van der Waals surface area contributed by atoms with Crippen molar-refractivity contribution >= 4 is 32.8 Å². The quantitative estimate of drug-likeness (QED) is 0.421. The van der Waals surface area contributed by atoms with Crippen LogP contribution >= 0.6 is 11.8 Å². The molecule has 4 aromatic rings. The SMILES string of the molecule is CCCn1c(SCc2cnn(Cc3ccccc3)c2)nc2cc(S(N)(=O)=O)ccc21. The minimum absolute atomic E-state index is 0.0786. The van der Waals surface area contributed by atoms with Crippen molar-refractivity contribution < 1.29 is 8.42 Å². The highest BCUT2D eigenvalue weighted by Gasteiger charge is 2.15. The van der Waals surface area contributed by atoms with Gasteiger partial charge in [-0.1, -0.05) is 49.0 Å². The molecule has 0 radical (unpaired) electrons. The summed E-state index contributed by atoms with van der Waals surface area (Å²) < 4.78 is 27.4. The van der Waals surface area contributed by atoms with Gasteiger partial charge in [0.25, 0.3) is 0 Å². The summed E-state index contributed by atoms with van der Waals surface area (Å²) >= 11 is 1.62. The summed E-state index contributed by atoms with van der Waals surface area (Å²) in [5.41, 5.74) is 3.86.